The van der Waals surface area contributed by atoms with Gasteiger partial charge in [0, 0.05) is 57.3 Å². The molecule has 0 aliphatic carbocycles. The summed E-state index contributed by atoms with van der Waals surface area (Å²) in [7, 11) is 4.84. The zero-order chi connectivity index (χ0) is 24.8. The van der Waals surface area contributed by atoms with Crippen LogP contribution in [0.15, 0.2) is 34.7 Å². The number of carbonyl (C=O) groups is 1. The van der Waals surface area contributed by atoms with Gasteiger partial charge in [0.25, 0.3) is 0 Å². The summed E-state index contributed by atoms with van der Waals surface area (Å²) < 4.78 is 22.1. The van der Waals surface area contributed by atoms with Gasteiger partial charge in [-0.2, -0.15) is 0 Å². The molecule has 1 aromatic heterocycles. The molecular formula is C25H32N4O6. The fourth-order valence-corrected chi connectivity index (χ4v) is 4.27. The van der Waals surface area contributed by atoms with Gasteiger partial charge >= 0.3 is 0 Å². The second-order valence-corrected chi connectivity index (χ2v) is 8.41. The lowest BCUT2D eigenvalue weighted by Crippen LogP contribution is -2.49. The molecule has 35 heavy (non-hydrogen) atoms. The number of nitrogens with one attached hydrogen (secondary N) is 1. The monoisotopic (exact) mass is 484 g/mol. The molecular weight excluding hydrogens is 452 g/mol. The SMILES string of the molecule is COc1ccc(CN2CCN(CC(=O)NCCc3nc4ccc(O)cc4o3)CC2)c(OC)c1OC. The van der Waals surface area contributed by atoms with Crippen molar-refractivity contribution < 1.29 is 28.5 Å². The number of piperazine rings is 1. The smallest absolute Gasteiger partial charge is 0.234 e. The average molecular weight is 485 g/mol. The van der Waals surface area contributed by atoms with Gasteiger partial charge in [-0.1, -0.05) is 6.07 Å². The van der Waals surface area contributed by atoms with E-state index in [4.69, 9.17) is 18.6 Å². The maximum atomic E-state index is 12.4. The Balaban J connectivity index is 1.21. The van der Waals surface area contributed by atoms with Gasteiger partial charge in [-0.05, 0) is 18.2 Å². The van der Waals surface area contributed by atoms with Crippen LogP contribution < -0.4 is 19.5 Å². The third-order valence-electron chi connectivity index (χ3n) is 6.09. The zero-order valence-electron chi connectivity index (χ0n) is 20.4. The summed E-state index contributed by atoms with van der Waals surface area (Å²) in [5.74, 6) is 2.57. The molecule has 0 atom stereocenters. The van der Waals surface area contributed by atoms with Crippen molar-refractivity contribution in [1.29, 1.82) is 0 Å². The molecule has 1 fully saturated rings. The molecule has 4 rings (SSSR count). The average Bonchev–Trinajstić information content (AvgIpc) is 3.26. The Labute approximate surface area is 204 Å². The van der Waals surface area contributed by atoms with Crippen LogP contribution in [-0.4, -0.2) is 86.4 Å². The Morgan fingerprint density at radius 2 is 1.77 bits per heavy atom. The molecule has 0 spiro atoms. The first-order chi connectivity index (χ1) is 17.0. The molecule has 0 bridgehead atoms. The molecule has 10 heteroatoms. The first-order valence-corrected chi connectivity index (χ1v) is 11.6. The number of fused-ring (bicyclic) bond motifs is 1. The van der Waals surface area contributed by atoms with Crippen LogP contribution >= 0.6 is 0 Å². The van der Waals surface area contributed by atoms with E-state index in [9.17, 15) is 9.90 Å². The standard InChI is InChI=1S/C25H32N4O6/c1-32-20-7-4-17(24(33-2)25(20)34-3)15-28-10-12-29(13-11-28)16-22(31)26-9-8-23-27-19-6-5-18(30)14-21(19)35-23/h4-7,14,30H,8-13,15-16H2,1-3H3,(H,26,31). The molecule has 10 nitrogen and oxygen atoms in total. The van der Waals surface area contributed by atoms with Gasteiger partial charge in [0.05, 0.1) is 27.9 Å². The summed E-state index contributed by atoms with van der Waals surface area (Å²) >= 11 is 0. The number of aromatic nitrogens is 1. The second kappa shape index (κ2) is 11.3. The van der Waals surface area contributed by atoms with Crippen LogP contribution in [0.1, 0.15) is 11.5 Å². The number of oxazole rings is 1. The van der Waals surface area contributed by atoms with Crippen molar-refractivity contribution >= 4 is 17.0 Å². The van der Waals surface area contributed by atoms with Crippen LogP contribution in [0.2, 0.25) is 0 Å². The van der Waals surface area contributed by atoms with E-state index in [2.05, 4.69) is 20.1 Å². The van der Waals surface area contributed by atoms with Crippen molar-refractivity contribution in [2.45, 2.75) is 13.0 Å². The van der Waals surface area contributed by atoms with Gasteiger partial charge in [-0.25, -0.2) is 4.98 Å². The number of phenolic OH excluding ortho intramolecular Hbond substituents is 1. The number of ether oxygens (including phenoxy) is 3. The third kappa shape index (κ3) is 5.95. The van der Waals surface area contributed by atoms with E-state index < -0.39 is 0 Å². The van der Waals surface area contributed by atoms with Crippen molar-refractivity contribution in [3.05, 3.63) is 41.8 Å². The Bertz CT molecular complexity index is 1160. The number of methoxy groups -OCH3 is 3. The molecule has 2 N–H and O–H groups in total. The number of amides is 1. The fourth-order valence-electron chi connectivity index (χ4n) is 4.27. The highest BCUT2D eigenvalue weighted by Gasteiger charge is 2.22. The predicted molar refractivity (Wildman–Crippen MR) is 130 cm³/mol. The maximum Gasteiger partial charge on any atom is 0.234 e. The van der Waals surface area contributed by atoms with E-state index in [0.29, 0.717) is 53.7 Å². The van der Waals surface area contributed by atoms with E-state index in [0.717, 1.165) is 38.3 Å². The number of rotatable bonds is 10. The number of benzene rings is 2. The molecule has 0 radical (unpaired) electrons. The van der Waals surface area contributed by atoms with Crippen LogP contribution in [0.5, 0.6) is 23.0 Å². The van der Waals surface area contributed by atoms with Gasteiger partial charge in [-0.3, -0.25) is 14.6 Å². The third-order valence-corrected chi connectivity index (χ3v) is 6.09. The van der Waals surface area contributed by atoms with Gasteiger partial charge in [0.1, 0.15) is 11.3 Å². The molecule has 1 saturated heterocycles. The van der Waals surface area contributed by atoms with Crippen LogP contribution in [0.3, 0.4) is 0 Å². The molecule has 1 amide bonds. The van der Waals surface area contributed by atoms with Crippen molar-refractivity contribution in [2.24, 2.45) is 0 Å². The van der Waals surface area contributed by atoms with Gasteiger partial charge in [-0.15, -0.1) is 0 Å². The lowest BCUT2D eigenvalue weighted by atomic mass is 10.1. The zero-order valence-corrected chi connectivity index (χ0v) is 20.4. The number of carbonyl (C=O) groups excluding carboxylic acids is 1. The van der Waals surface area contributed by atoms with Crippen LogP contribution in [0.25, 0.3) is 11.1 Å². The van der Waals surface area contributed by atoms with Crippen LogP contribution in [0.4, 0.5) is 0 Å². The predicted octanol–water partition coefficient (Wildman–Crippen LogP) is 2.04. The number of hydrogen-bond donors (Lipinski definition) is 2. The molecule has 0 saturated carbocycles. The van der Waals surface area contributed by atoms with Gasteiger partial charge < -0.3 is 29.1 Å². The van der Waals surface area contributed by atoms with E-state index in [1.807, 2.05) is 12.1 Å². The highest BCUT2D eigenvalue weighted by atomic mass is 16.5. The summed E-state index contributed by atoms with van der Waals surface area (Å²) in [5.41, 5.74) is 2.26. The summed E-state index contributed by atoms with van der Waals surface area (Å²) in [4.78, 5) is 21.3. The van der Waals surface area contributed by atoms with Crippen molar-refractivity contribution in [3.8, 4) is 23.0 Å². The van der Waals surface area contributed by atoms with E-state index in [1.54, 1.807) is 33.5 Å². The minimum absolute atomic E-state index is 0.0197. The largest absolute Gasteiger partial charge is 0.508 e. The topological polar surface area (TPSA) is 110 Å². The van der Waals surface area contributed by atoms with Crippen molar-refractivity contribution in [1.82, 2.24) is 20.1 Å². The quantitative estimate of drug-likeness (QED) is 0.447. The first-order valence-electron chi connectivity index (χ1n) is 11.6. The molecule has 1 aliphatic rings. The minimum atomic E-state index is -0.0197. The van der Waals surface area contributed by atoms with Gasteiger partial charge in [0.15, 0.2) is 23.0 Å². The number of hydrogen-bond acceptors (Lipinski definition) is 9. The normalized spacial score (nSPS) is 14.7. The molecule has 2 heterocycles. The number of phenols is 1. The number of aromatic hydroxyl groups is 1. The molecule has 188 valence electrons. The highest BCUT2D eigenvalue weighted by Crippen LogP contribution is 2.40. The summed E-state index contributed by atoms with van der Waals surface area (Å²) in [6.07, 6.45) is 0.488. The summed E-state index contributed by atoms with van der Waals surface area (Å²) in [6, 6.07) is 8.70. The lowest BCUT2D eigenvalue weighted by molar-refractivity contribution is -0.122. The van der Waals surface area contributed by atoms with Crippen molar-refractivity contribution in [2.75, 3.05) is 60.6 Å². The maximum absolute atomic E-state index is 12.4. The number of nitrogens with zero attached hydrogens (tertiary/aromatic N) is 3. The summed E-state index contributed by atoms with van der Waals surface area (Å²) in [6.45, 7) is 4.83. The summed E-state index contributed by atoms with van der Waals surface area (Å²) in [5, 5.41) is 12.5. The van der Waals surface area contributed by atoms with E-state index >= 15 is 0 Å². The molecule has 2 aromatic carbocycles. The van der Waals surface area contributed by atoms with Gasteiger partial charge in [0.2, 0.25) is 11.7 Å². The van der Waals surface area contributed by atoms with Crippen molar-refractivity contribution in [3.63, 3.8) is 0 Å². The highest BCUT2D eigenvalue weighted by molar-refractivity contribution is 5.78. The molecule has 1 aliphatic heterocycles. The Kier molecular flexibility index (Phi) is 7.94. The second-order valence-electron chi connectivity index (χ2n) is 8.41. The molecule has 3 aromatic rings. The first kappa shape index (κ1) is 24.6. The molecule has 0 unspecified atom stereocenters. The van der Waals surface area contributed by atoms with Crippen LogP contribution in [0, 0.1) is 0 Å². The Morgan fingerprint density at radius 3 is 2.49 bits per heavy atom. The minimum Gasteiger partial charge on any atom is -0.508 e. The Morgan fingerprint density at radius 1 is 1.03 bits per heavy atom. The van der Waals surface area contributed by atoms with Crippen LogP contribution in [-0.2, 0) is 17.8 Å². The van der Waals surface area contributed by atoms with E-state index in [1.165, 1.54) is 6.07 Å². The van der Waals surface area contributed by atoms with E-state index in [-0.39, 0.29) is 11.7 Å². The fraction of sp³-hybridized carbons (Fsp3) is 0.440. The Hall–Kier alpha value is -3.50. The lowest BCUT2D eigenvalue weighted by Gasteiger charge is -2.34.